The smallest absolute Gasteiger partial charge is 0.243 e. The van der Waals surface area contributed by atoms with E-state index < -0.39 is 0 Å². The number of hydrogen-bond acceptors (Lipinski definition) is 4. The van der Waals surface area contributed by atoms with Crippen molar-refractivity contribution in [2.24, 2.45) is 5.92 Å². The molecule has 1 N–H and O–H groups in total. The summed E-state index contributed by atoms with van der Waals surface area (Å²) in [4.78, 5) is 25.9. The molecule has 0 aliphatic carbocycles. The van der Waals surface area contributed by atoms with Gasteiger partial charge in [-0.1, -0.05) is 18.7 Å². The fraction of sp³-hybridized carbons (Fsp3) is 0.500. The van der Waals surface area contributed by atoms with Gasteiger partial charge in [-0.3, -0.25) is 9.59 Å². The van der Waals surface area contributed by atoms with Crippen molar-refractivity contribution in [1.29, 1.82) is 0 Å². The summed E-state index contributed by atoms with van der Waals surface area (Å²) in [5.74, 6) is 1.75. The van der Waals surface area contributed by atoms with Crippen molar-refractivity contribution >= 4 is 11.8 Å². The van der Waals surface area contributed by atoms with Crippen molar-refractivity contribution in [3.8, 4) is 11.5 Å². The summed E-state index contributed by atoms with van der Waals surface area (Å²) in [7, 11) is 0. The van der Waals surface area contributed by atoms with Crippen molar-refractivity contribution in [3.63, 3.8) is 0 Å². The Morgan fingerprint density at radius 3 is 2.69 bits per heavy atom. The lowest BCUT2D eigenvalue weighted by molar-refractivity contribution is -0.135. The summed E-state index contributed by atoms with van der Waals surface area (Å²) in [6.45, 7) is 7.30. The number of carbonyl (C=O) groups is 2. The molecule has 0 bridgehead atoms. The summed E-state index contributed by atoms with van der Waals surface area (Å²) in [6.07, 6.45) is 3.13. The Balaban J connectivity index is 1.46. The topological polar surface area (TPSA) is 67.9 Å². The molecule has 3 rings (SSSR count). The first-order valence-electron chi connectivity index (χ1n) is 9.16. The van der Waals surface area contributed by atoms with Crippen LogP contribution in [0.2, 0.25) is 0 Å². The van der Waals surface area contributed by atoms with Crippen molar-refractivity contribution < 1.29 is 19.1 Å². The number of fused-ring (bicyclic) bond motifs is 1. The van der Waals surface area contributed by atoms with Crippen molar-refractivity contribution in [2.45, 2.75) is 38.3 Å². The third kappa shape index (κ3) is 4.36. The summed E-state index contributed by atoms with van der Waals surface area (Å²) >= 11 is 0. The second kappa shape index (κ2) is 8.25. The van der Waals surface area contributed by atoms with Crippen LogP contribution < -0.4 is 14.8 Å². The van der Waals surface area contributed by atoms with E-state index in [0.29, 0.717) is 37.8 Å². The number of hydrogen-bond donors (Lipinski definition) is 1. The largest absolute Gasteiger partial charge is 0.486 e. The molecule has 2 atom stereocenters. The molecule has 0 radical (unpaired) electrons. The normalized spacial score (nSPS) is 21.0. The van der Waals surface area contributed by atoms with E-state index in [1.807, 2.05) is 36.1 Å². The van der Waals surface area contributed by atoms with Gasteiger partial charge in [0.1, 0.15) is 12.7 Å². The first-order valence-corrected chi connectivity index (χ1v) is 9.16. The lowest BCUT2D eigenvalue weighted by Gasteiger charge is -2.36. The number of benzene rings is 1. The summed E-state index contributed by atoms with van der Waals surface area (Å²) in [6, 6.07) is 7.60. The van der Waals surface area contributed by atoms with Crippen LogP contribution in [-0.2, 0) is 9.59 Å². The SMILES string of the molecule is C=CC(=O)NC(C)C1CCN(C(=O)CC2COc3ccccc3O2)CC1. The van der Waals surface area contributed by atoms with E-state index >= 15 is 0 Å². The lowest BCUT2D eigenvalue weighted by atomic mass is 9.90. The molecular formula is C20H26N2O4. The molecule has 1 fully saturated rings. The van der Waals surface area contributed by atoms with Gasteiger partial charge in [-0.15, -0.1) is 0 Å². The molecular weight excluding hydrogens is 332 g/mol. The maximum Gasteiger partial charge on any atom is 0.243 e. The number of nitrogens with zero attached hydrogens (tertiary/aromatic N) is 1. The van der Waals surface area contributed by atoms with Crippen molar-refractivity contribution in [3.05, 3.63) is 36.9 Å². The van der Waals surface area contributed by atoms with E-state index in [-0.39, 0.29) is 24.0 Å². The van der Waals surface area contributed by atoms with Crippen LogP contribution >= 0.6 is 0 Å². The number of likely N-dealkylation sites (tertiary alicyclic amines) is 1. The van der Waals surface area contributed by atoms with Gasteiger partial charge < -0.3 is 19.7 Å². The molecule has 0 spiro atoms. The molecule has 26 heavy (non-hydrogen) atoms. The quantitative estimate of drug-likeness (QED) is 0.819. The summed E-state index contributed by atoms with van der Waals surface area (Å²) in [5.41, 5.74) is 0. The van der Waals surface area contributed by atoms with Crippen LogP contribution in [0.15, 0.2) is 36.9 Å². The predicted molar refractivity (Wildman–Crippen MR) is 98.1 cm³/mol. The van der Waals surface area contributed by atoms with Gasteiger partial charge in [-0.2, -0.15) is 0 Å². The third-order valence-corrected chi connectivity index (χ3v) is 5.12. The average Bonchev–Trinajstić information content (AvgIpc) is 2.67. The molecule has 1 saturated heterocycles. The third-order valence-electron chi connectivity index (χ3n) is 5.12. The first-order chi connectivity index (χ1) is 12.6. The highest BCUT2D eigenvalue weighted by atomic mass is 16.6. The van der Waals surface area contributed by atoms with Crippen LogP contribution in [0, 0.1) is 5.92 Å². The van der Waals surface area contributed by atoms with Gasteiger partial charge in [-0.25, -0.2) is 0 Å². The molecule has 2 unspecified atom stereocenters. The number of rotatable bonds is 5. The maximum absolute atomic E-state index is 12.6. The van der Waals surface area contributed by atoms with Gasteiger partial charge in [0.2, 0.25) is 11.8 Å². The molecule has 0 aromatic heterocycles. The Labute approximate surface area is 154 Å². The molecule has 1 aromatic carbocycles. The Bertz CT molecular complexity index is 668. The molecule has 6 nitrogen and oxygen atoms in total. The molecule has 0 saturated carbocycles. The maximum atomic E-state index is 12.6. The highest BCUT2D eigenvalue weighted by Gasteiger charge is 2.30. The minimum atomic E-state index is -0.249. The highest BCUT2D eigenvalue weighted by Crippen LogP contribution is 2.32. The minimum Gasteiger partial charge on any atom is -0.486 e. The van der Waals surface area contributed by atoms with Gasteiger partial charge in [0, 0.05) is 19.1 Å². The van der Waals surface area contributed by atoms with E-state index in [9.17, 15) is 9.59 Å². The standard InChI is InChI=1S/C20H26N2O4/c1-3-19(23)21-14(2)15-8-10-22(11-9-15)20(24)12-16-13-25-17-6-4-5-7-18(17)26-16/h3-7,14-16H,1,8-13H2,2H3,(H,21,23). The Morgan fingerprint density at radius 2 is 2.00 bits per heavy atom. The zero-order valence-electron chi connectivity index (χ0n) is 15.1. The number of para-hydroxylation sites is 2. The lowest BCUT2D eigenvalue weighted by Crippen LogP contribution is -2.46. The van der Waals surface area contributed by atoms with Gasteiger partial charge in [0.05, 0.1) is 6.42 Å². The second-order valence-corrected chi connectivity index (χ2v) is 6.92. The number of carbonyl (C=O) groups excluding carboxylic acids is 2. The van der Waals surface area contributed by atoms with Gasteiger partial charge in [0.15, 0.2) is 11.5 Å². The zero-order valence-corrected chi connectivity index (χ0v) is 15.1. The predicted octanol–water partition coefficient (Wildman–Crippen LogP) is 2.15. The molecule has 2 aliphatic heterocycles. The van der Waals surface area contributed by atoms with Gasteiger partial charge in [-0.05, 0) is 43.9 Å². The number of ether oxygens (including phenoxy) is 2. The molecule has 1 aromatic rings. The summed E-state index contributed by atoms with van der Waals surface area (Å²) < 4.78 is 11.6. The Hall–Kier alpha value is -2.50. The average molecular weight is 358 g/mol. The molecule has 140 valence electrons. The van der Waals surface area contributed by atoms with E-state index in [0.717, 1.165) is 18.6 Å². The number of piperidine rings is 1. The zero-order chi connectivity index (χ0) is 18.5. The minimum absolute atomic E-state index is 0.0873. The number of nitrogens with one attached hydrogen (secondary N) is 1. The van der Waals surface area contributed by atoms with Crippen LogP contribution in [0.5, 0.6) is 11.5 Å². The van der Waals surface area contributed by atoms with Crippen LogP contribution in [-0.4, -0.2) is 48.6 Å². The van der Waals surface area contributed by atoms with Crippen LogP contribution in [0.4, 0.5) is 0 Å². The fourth-order valence-electron chi connectivity index (χ4n) is 3.54. The van der Waals surface area contributed by atoms with E-state index in [4.69, 9.17) is 9.47 Å². The Morgan fingerprint density at radius 1 is 1.31 bits per heavy atom. The number of amides is 2. The van der Waals surface area contributed by atoms with Crippen molar-refractivity contribution in [2.75, 3.05) is 19.7 Å². The summed E-state index contributed by atoms with van der Waals surface area (Å²) in [5, 5.41) is 2.92. The molecule has 2 heterocycles. The monoisotopic (exact) mass is 358 g/mol. The van der Waals surface area contributed by atoms with Crippen LogP contribution in [0.1, 0.15) is 26.2 Å². The Kier molecular flexibility index (Phi) is 5.81. The van der Waals surface area contributed by atoms with E-state index in [1.54, 1.807) is 0 Å². The molecule has 2 amide bonds. The van der Waals surface area contributed by atoms with Crippen molar-refractivity contribution in [1.82, 2.24) is 10.2 Å². The van der Waals surface area contributed by atoms with Crippen LogP contribution in [0.25, 0.3) is 0 Å². The van der Waals surface area contributed by atoms with E-state index in [2.05, 4.69) is 11.9 Å². The molecule has 2 aliphatic rings. The van der Waals surface area contributed by atoms with Crippen LogP contribution in [0.3, 0.4) is 0 Å². The second-order valence-electron chi connectivity index (χ2n) is 6.92. The fourth-order valence-corrected chi connectivity index (χ4v) is 3.54. The van der Waals surface area contributed by atoms with Gasteiger partial charge >= 0.3 is 0 Å². The highest BCUT2D eigenvalue weighted by molar-refractivity contribution is 5.87. The van der Waals surface area contributed by atoms with Gasteiger partial charge in [0.25, 0.3) is 0 Å². The first kappa shape index (κ1) is 18.3. The molecule has 6 heteroatoms. The van der Waals surface area contributed by atoms with E-state index in [1.165, 1.54) is 6.08 Å².